The van der Waals surface area contributed by atoms with Gasteiger partial charge in [-0.3, -0.25) is 4.79 Å². The van der Waals surface area contributed by atoms with E-state index in [1.165, 1.54) is 0 Å². The van der Waals surface area contributed by atoms with Gasteiger partial charge in [-0.2, -0.15) is 0 Å². The predicted octanol–water partition coefficient (Wildman–Crippen LogP) is 1.97. The summed E-state index contributed by atoms with van der Waals surface area (Å²) in [5.41, 5.74) is -0.186. The van der Waals surface area contributed by atoms with Crippen LogP contribution in [0.3, 0.4) is 0 Å². The van der Waals surface area contributed by atoms with Gasteiger partial charge in [-0.25, -0.2) is 0 Å². The van der Waals surface area contributed by atoms with Crippen LogP contribution in [0.2, 0.25) is 18.6 Å². The minimum absolute atomic E-state index is 0.0772. The number of carbonyl (C=O) groups is 1. The van der Waals surface area contributed by atoms with Crippen LogP contribution in [0.1, 0.15) is 20.8 Å². The number of carboxylic acid groups (broad SMARTS) is 1. The van der Waals surface area contributed by atoms with Crippen LogP contribution in [0.25, 0.3) is 0 Å². The Morgan fingerprint density at radius 1 is 1.36 bits per heavy atom. The van der Waals surface area contributed by atoms with E-state index in [9.17, 15) is 4.79 Å². The highest BCUT2D eigenvalue weighted by Crippen LogP contribution is 2.33. The third kappa shape index (κ3) is 3.06. The zero-order valence-electron chi connectivity index (χ0n) is 8.01. The van der Waals surface area contributed by atoms with Gasteiger partial charge in [0.1, 0.15) is 0 Å². The quantitative estimate of drug-likeness (QED) is 0.650. The van der Waals surface area contributed by atoms with Crippen molar-refractivity contribution < 1.29 is 9.90 Å². The minimum atomic E-state index is -1.07. The third-order valence-electron chi connectivity index (χ3n) is 1.87. The van der Waals surface area contributed by atoms with E-state index in [2.05, 4.69) is 13.1 Å². The summed E-state index contributed by atoms with van der Waals surface area (Å²) in [6.07, 6.45) is 0. The van der Waals surface area contributed by atoms with Crippen LogP contribution in [0, 0.1) is 5.41 Å². The largest absolute Gasteiger partial charge is 0.481 e. The summed E-state index contributed by atoms with van der Waals surface area (Å²) in [7, 11) is -1.07. The maximum Gasteiger partial charge on any atom is 0.303 e. The van der Waals surface area contributed by atoms with Crippen molar-refractivity contribution in [3.63, 3.8) is 0 Å². The molecular formula is C8H18O2Si. The molecule has 0 saturated heterocycles. The molecule has 66 valence electrons. The smallest absolute Gasteiger partial charge is 0.303 e. The van der Waals surface area contributed by atoms with Crippen molar-refractivity contribution in [1.29, 1.82) is 0 Å². The summed E-state index contributed by atoms with van der Waals surface area (Å²) in [6.45, 7) is 10.2. The van der Waals surface area contributed by atoms with Crippen molar-refractivity contribution in [1.82, 2.24) is 0 Å². The number of carboxylic acids is 1. The first-order chi connectivity index (χ1) is 4.76. The highest BCUT2D eigenvalue weighted by molar-refractivity contribution is 6.61. The summed E-state index contributed by atoms with van der Waals surface area (Å²) >= 11 is 0. The van der Waals surface area contributed by atoms with Gasteiger partial charge in [-0.1, -0.05) is 33.9 Å². The molecule has 0 aliphatic carbocycles. The monoisotopic (exact) mass is 174 g/mol. The second-order valence-electron chi connectivity index (χ2n) is 4.43. The summed E-state index contributed by atoms with van der Waals surface area (Å²) in [5.74, 6) is -0.626. The first kappa shape index (κ1) is 10.7. The number of hydrogen-bond acceptors (Lipinski definition) is 1. The van der Waals surface area contributed by atoms with Gasteiger partial charge < -0.3 is 5.11 Å². The predicted molar refractivity (Wildman–Crippen MR) is 49.7 cm³/mol. The molecule has 1 atom stereocenters. The third-order valence-corrected chi connectivity index (χ3v) is 4.48. The molecule has 0 aliphatic heterocycles. The Bertz CT molecular complexity index is 147. The standard InChI is InChI=1S/C8H18O2Si/c1-8(2,3)6(7(9)10)11(4)5/h6,11H,1-5H3,(H,9,10). The Hall–Kier alpha value is -0.313. The lowest BCUT2D eigenvalue weighted by Crippen LogP contribution is -2.32. The van der Waals surface area contributed by atoms with E-state index in [4.69, 9.17) is 5.11 Å². The van der Waals surface area contributed by atoms with E-state index in [-0.39, 0.29) is 11.0 Å². The van der Waals surface area contributed by atoms with Gasteiger partial charge in [0.25, 0.3) is 0 Å². The first-order valence-corrected chi connectivity index (χ1v) is 6.97. The Labute approximate surface area is 70.2 Å². The maximum atomic E-state index is 10.8. The van der Waals surface area contributed by atoms with Crippen LogP contribution in [0.15, 0.2) is 0 Å². The Balaban J connectivity index is 4.49. The molecule has 0 spiro atoms. The molecule has 0 aromatic rings. The second-order valence-corrected chi connectivity index (χ2v) is 7.58. The van der Waals surface area contributed by atoms with Crippen LogP contribution in [0.4, 0.5) is 0 Å². The molecule has 0 fully saturated rings. The van der Waals surface area contributed by atoms with Gasteiger partial charge >= 0.3 is 5.97 Å². The normalized spacial score (nSPS) is 15.1. The number of aliphatic carboxylic acids is 1. The highest BCUT2D eigenvalue weighted by atomic mass is 28.3. The molecule has 3 heteroatoms. The molecule has 0 aromatic carbocycles. The lowest BCUT2D eigenvalue weighted by Gasteiger charge is -2.29. The van der Waals surface area contributed by atoms with Gasteiger partial charge in [0.05, 0.1) is 5.54 Å². The zero-order chi connectivity index (χ0) is 9.23. The molecule has 0 heterocycles. The van der Waals surface area contributed by atoms with Gasteiger partial charge in [-0.05, 0) is 5.41 Å². The molecule has 0 rings (SSSR count). The molecule has 0 radical (unpaired) electrons. The Morgan fingerprint density at radius 2 is 1.73 bits per heavy atom. The van der Waals surface area contributed by atoms with Gasteiger partial charge in [0, 0.05) is 8.80 Å². The molecule has 0 amide bonds. The average molecular weight is 174 g/mol. The van der Waals surface area contributed by atoms with Crippen molar-refractivity contribution in [2.24, 2.45) is 5.41 Å². The van der Waals surface area contributed by atoms with Crippen LogP contribution in [0.5, 0.6) is 0 Å². The molecule has 1 unspecified atom stereocenters. The van der Waals surface area contributed by atoms with Crippen molar-refractivity contribution in [3.8, 4) is 0 Å². The second kappa shape index (κ2) is 3.39. The molecule has 11 heavy (non-hydrogen) atoms. The first-order valence-electron chi connectivity index (χ1n) is 3.99. The average Bonchev–Trinajstić information content (AvgIpc) is 1.54. The molecule has 0 bridgehead atoms. The fraction of sp³-hybridized carbons (Fsp3) is 0.875. The van der Waals surface area contributed by atoms with Gasteiger partial charge in [0.15, 0.2) is 0 Å². The zero-order valence-corrected chi connectivity index (χ0v) is 9.16. The summed E-state index contributed by atoms with van der Waals surface area (Å²) in [4.78, 5) is 10.8. The van der Waals surface area contributed by atoms with E-state index < -0.39 is 14.8 Å². The number of rotatable bonds is 2. The highest BCUT2D eigenvalue weighted by Gasteiger charge is 2.33. The van der Waals surface area contributed by atoms with Crippen molar-refractivity contribution in [2.45, 2.75) is 39.4 Å². The molecular weight excluding hydrogens is 156 g/mol. The van der Waals surface area contributed by atoms with E-state index in [0.29, 0.717) is 0 Å². The van der Waals surface area contributed by atoms with Gasteiger partial charge in [-0.15, -0.1) is 0 Å². The summed E-state index contributed by atoms with van der Waals surface area (Å²) < 4.78 is 0. The van der Waals surface area contributed by atoms with Crippen LogP contribution in [-0.4, -0.2) is 19.9 Å². The fourth-order valence-corrected chi connectivity index (χ4v) is 4.23. The lowest BCUT2D eigenvalue weighted by molar-refractivity contribution is -0.139. The molecule has 0 saturated carbocycles. The van der Waals surface area contributed by atoms with E-state index in [1.807, 2.05) is 20.8 Å². The molecule has 0 aromatic heterocycles. The fourth-order valence-electron chi connectivity index (χ4n) is 1.66. The Morgan fingerprint density at radius 3 is 1.73 bits per heavy atom. The van der Waals surface area contributed by atoms with E-state index >= 15 is 0 Å². The maximum absolute atomic E-state index is 10.8. The minimum Gasteiger partial charge on any atom is -0.481 e. The Kier molecular flexibility index (Phi) is 3.29. The van der Waals surface area contributed by atoms with Crippen molar-refractivity contribution >= 4 is 14.8 Å². The van der Waals surface area contributed by atoms with E-state index in [1.54, 1.807) is 0 Å². The number of hydrogen-bond donors (Lipinski definition) is 1. The van der Waals surface area contributed by atoms with E-state index in [0.717, 1.165) is 0 Å². The lowest BCUT2D eigenvalue weighted by atomic mass is 9.92. The molecule has 2 nitrogen and oxygen atoms in total. The topological polar surface area (TPSA) is 37.3 Å². The van der Waals surface area contributed by atoms with Crippen LogP contribution in [-0.2, 0) is 4.79 Å². The summed E-state index contributed by atoms with van der Waals surface area (Å²) in [5, 5.41) is 8.91. The van der Waals surface area contributed by atoms with Crippen molar-refractivity contribution in [3.05, 3.63) is 0 Å². The van der Waals surface area contributed by atoms with Gasteiger partial charge in [0.2, 0.25) is 0 Å². The van der Waals surface area contributed by atoms with Crippen LogP contribution >= 0.6 is 0 Å². The van der Waals surface area contributed by atoms with Crippen molar-refractivity contribution in [2.75, 3.05) is 0 Å². The SMILES string of the molecule is C[SiH](C)C(C(=O)O)C(C)(C)C. The summed E-state index contributed by atoms with van der Waals surface area (Å²) in [6, 6.07) is 0. The van der Waals surface area contributed by atoms with Crippen LogP contribution < -0.4 is 0 Å². The molecule has 0 aliphatic rings. The molecule has 1 N–H and O–H groups in total.